The number of ether oxygens (including phenoxy) is 1. The second kappa shape index (κ2) is 5.18. The van der Waals surface area contributed by atoms with E-state index in [0.29, 0.717) is 16.0 Å². The van der Waals surface area contributed by atoms with Crippen LogP contribution < -0.4 is 15.8 Å². The van der Waals surface area contributed by atoms with Crippen LogP contribution in [0.5, 0.6) is 11.6 Å². The van der Waals surface area contributed by atoms with Crippen molar-refractivity contribution < 1.29 is 9.13 Å². The van der Waals surface area contributed by atoms with E-state index in [1.54, 1.807) is 19.2 Å². The first kappa shape index (κ1) is 12.6. The van der Waals surface area contributed by atoms with E-state index >= 15 is 0 Å². The Kier molecular flexibility index (Phi) is 3.61. The molecule has 0 atom stereocenters. The molecule has 2 rings (SSSR count). The number of anilines is 2. The van der Waals surface area contributed by atoms with Crippen molar-refractivity contribution in [3.63, 3.8) is 0 Å². The highest BCUT2D eigenvalue weighted by Gasteiger charge is 2.07. The molecule has 0 aliphatic carbocycles. The molecule has 0 amide bonds. The van der Waals surface area contributed by atoms with Crippen molar-refractivity contribution in [3.8, 4) is 11.6 Å². The van der Waals surface area contributed by atoms with Gasteiger partial charge in [-0.05, 0) is 28.1 Å². The molecule has 0 bridgehead atoms. The van der Waals surface area contributed by atoms with Crippen LogP contribution in [0.4, 0.5) is 16.2 Å². The highest BCUT2D eigenvalue weighted by Crippen LogP contribution is 2.30. The number of nitrogens with two attached hydrogens (primary N) is 1. The van der Waals surface area contributed by atoms with E-state index in [9.17, 15) is 4.39 Å². The third-order valence-electron chi connectivity index (χ3n) is 2.08. The molecule has 1 aromatic carbocycles. The van der Waals surface area contributed by atoms with E-state index in [4.69, 9.17) is 10.5 Å². The minimum Gasteiger partial charge on any atom is -0.437 e. The average molecular weight is 313 g/mol. The van der Waals surface area contributed by atoms with Crippen LogP contribution in [0.25, 0.3) is 0 Å². The summed E-state index contributed by atoms with van der Waals surface area (Å²) in [6, 6.07) is 5.69. The van der Waals surface area contributed by atoms with Gasteiger partial charge in [-0.1, -0.05) is 0 Å². The number of nitrogen functional groups attached to an aromatic ring is 1. The summed E-state index contributed by atoms with van der Waals surface area (Å²) in [5.41, 5.74) is 5.53. The molecular formula is C11H10BrFN4O. The zero-order valence-corrected chi connectivity index (χ0v) is 11.0. The fraction of sp³-hybridized carbons (Fsp3) is 0.0909. The van der Waals surface area contributed by atoms with E-state index < -0.39 is 5.82 Å². The third kappa shape index (κ3) is 2.86. The number of rotatable bonds is 3. The summed E-state index contributed by atoms with van der Waals surface area (Å²) in [6.45, 7) is 0. The average Bonchev–Trinajstić information content (AvgIpc) is 2.33. The summed E-state index contributed by atoms with van der Waals surface area (Å²) in [5, 5.41) is 2.82. The Labute approximate surface area is 111 Å². The molecule has 94 valence electrons. The minimum absolute atomic E-state index is 0.0735. The van der Waals surface area contributed by atoms with Gasteiger partial charge in [0.15, 0.2) is 0 Å². The maximum atomic E-state index is 13.1. The molecular weight excluding hydrogens is 303 g/mol. The molecule has 0 aliphatic heterocycles. The molecule has 18 heavy (non-hydrogen) atoms. The Bertz CT molecular complexity index is 579. The molecule has 0 fully saturated rings. The third-order valence-corrected chi connectivity index (χ3v) is 2.74. The second-order valence-electron chi connectivity index (χ2n) is 3.38. The van der Waals surface area contributed by atoms with Crippen LogP contribution in [-0.4, -0.2) is 17.0 Å². The van der Waals surface area contributed by atoms with Crippen molar-refractivity contribution >= 4 is 27.7 Å². The minimum atomic E-state index is -0.399. The number of halogens is 2. The van der Waals surface area contributed by atoms with Gasteiger partial charge in [-0.2, -0.15) is 9.97 Å². The van der Waals surface area contributed by atoms with Crippen molar-refractivity contribution in [3.05, 3.63) is 34.6 Å². The van der Waals surface area contributed by atoms with E-state index in [0.717, 1.165) is 0 Å². The zero-order chi connectivity index (χ0) is 13.1. The van der Waals surface area contributed by atoms with Crippen LogP contribution in [0, 0.1) is 5.82 Å². The summed E-state index contributed by atoms with van der Waals surface area (Å²) < 4.78 is 19.2. The number of hydrogen-bond donors (Lipinski definition) is 2. The fourth-order valence-corrected chi connectivity index (χ4v) is 1.62. The number of aromatic nitrogens is 2. The van der Waals surface area contributed by atoms with Crippen molar-refractivity contribution in [1.82, 2.24) is 9.97 Å². The summed E-state index contributed by atoms with van der Waals surface area (Å²) in [7, 11) is 1.70. The van der Waals surface area contributed by atoms with Gasteiger partial charge in [-0.15, -0.1) is 0 Å². The van der Waals surface area contributed by atoms with Gasteiger partial charge in [0.2, 0.25) is 11.8 Å². The molecule has 7 heteroatoms. The molecule has 3 N–H and O–H groups in total. The van der Waals surface area contributed by atoms with E-state index in [-0.39, 0.29) is 11.8 Å². The molecule has 2 aromatic rings. The van der Waals surface area contributed by atoms with Gasteiger partial charge in [0.25, 0.3) is 0 Å². The maximum absolute atomic E-state index is 13.1. The van der Waals surface area contributed by atoms with Crippen LogP contribution in [-0.2, 0) is 0 Å². The first-order chi connectivity index (χ1) is 8.58. The number of hydrogen-bond acceptors (Lipinski definition) is 5. The smallest absolute Gasteiger partial charge is 0.226 e. The molecule has 0 radical (unpaired) electrons. The second-order valence-corrected chi connectivity index (χ2v) is 4.23. The first-order valence-electron chi connectivity index (χ1n) is 5.03. The highest BCUT2D eigenvalue weighted by molar-refractivity contribution is 9.10. The lowest BCUT2D eigenvalue weighted by Gasteiger charge is -2.08. The van der Waals surface area contributed by atoms with E-state index in [2.05, 4.69) is 31.2 Å². The lowest BCUT2D eigenvalue weighted by atomic mass is 10.3. The lowest BCUT2D eigenvalue weighted by Crippen LogP contribution is -2.01. The molecule has 1 aromatic heterocycles. The van der Waals surface area contributed by atoms with Gasteiger partial charge in [0, 0.05) is 19.2 Å². The fourth-order valence-electron chi connectivity index (χ4n) is 1.29. The van der Waals surface area contributed by atoms with Crippen LogP contribution in [0.15, 0.2) is 28.7 Å². The van der Waals surface area contributed by atoms with Crippen LogP contribution >= 0.6 is 15.9 Å². The maximum Gasteiger partial charge on any atom is 0.226 e. The number of nitrogens with one attached hydrogen (secondary N) is 1. The Morgan fingerprint density at radius 3 is 2.83 bits per heavy atom. The van der Waals surface area contributed by atoms with Gasteiger partial charge >= 0.3 is 0 Å². The summed E-state index contributed by atoms with van der Waals surface area (Å²) in [4.78, 5) is 7.83. The Hall–Kier alpha value is -1.89. The summed E-state index contributed by atoms with van der Waals surface area (Å²) >= 11 is 3.26. The molecule has 0 aliphatic rings. The van der Waals surface area contributed by atoms with Gasteiger partial charge in [0.05, 0.1) is 4.47 Å². The Morgan fingerprint density at radius 2 is 2.11 bits per heavy atom. The number of benzene rings is 1. The Balaban J connectivity index is 2.33. The van der Waals surface area contributed by atoms with Crippen molar-refractivity contribution in [2.24, 2.45) is 0 Å². The predicted molar refractivity (Wildman–Crippen MR) is 70.2 cm³/mol. The molecule has 1 heterocycles. The predicted octanol–water partition coefficient (Wildman–Crippen LogP) is 2.79. The van der Waals surface area contributed by atoms with Crippen molar-refractivity contribution in [1.29, 1.82) is 0 Å². The SMILES string of the molecule is CNc1cc(Oc2cc(F)ccc2Br)nc(N)n1. The van der Waals surface area contributed by atoms with E-state index in [1.165, 1.54) is 12.1 Å². The van der Waals surface area contributed by atoms with E-state index in [1.807, 2.05) is 0 Å². The molecule has 5 nitrogen and oxygen atoms in total. The molecule has 0 saturated carbocycles. The van der Waals surface area contributed by atoms with Crippen molar-refractivity contribution in [2.45, 2.75) is 0 Å². The molecule has 0 saturated heterocycles. The molecule has 0 spiro atoms. The lowest BCUT2D eigenvalue weighted by molar-refractivity contribution is 0.455. The highest BCUT2D eigenvalue weighted by atomic mass is 79.9. The summed E-state index contributed by atoms with van der Waals surface area (Å²) in [6.07, 6.45) is 0. The van der Waals surface area contributed by atoms with Gasteiger partial charge < -0.3 is 15.8 Å². The van der Waals surface area contributed by atoms with Crippen molar-refractivity contribution in [2.75, 3.05) is 18.1 Å². The van der Waals surface area contributed by atoms with Gasteiger partial charge in [-0.3, -0.25) is 0 Å². The summed E-state index contributed by atoms with van der Waals surface area (Å²) in [5.74, 6) is 0.742. The van der Waals surface area contributed by atoms with Crippen LogP contribution in [0.2, 0.25) is 0 Å². The largest absolute Gasteiger partial charge is 0.437 e. The molecule has 0 unspecified atom stereocenters. The monoisotopic (exact) mass is 312 g/mol. The zero-order valence-electron chi connectivity index (χ0n) is 9.45. The standard InChI is InChI=1S/C11H10BrFN4O/c1-15-9-5-10(17-11(14)16-9)18-8-4-6(13)2-3-7(8)12/h2-5H,1H3,(H3,14,15,16,17). The van der Waals surface area contributed by atoms with Gasteiger partial charge in [0.1, 0.15) is 17.4 Å². The van der Waals surface area contributed by atoms with Crippen LogP contribution in [0.3, 0.4) is 0 Å². The quantitative estimate of drug-likeness (QED) is 0.911. The first-order valence-corrected chi connectivity index (χ1v) is 5.83. The normalized spacial score (nSPS) is 10.2. The number of nitrogens with zero attached hydrogens (tertiary/aromatic N) is 2. The van der Waals surface area contributed by atoms with Crippen LogP contribution in [0.1, 0.15) is 0 Å². The van der Waals surface area contributed by atoms with Gasteiger partial charge in [-0.25, -0.2) is 4.39 Å². The Morgan fingerprint density at radius 1 is 1.33 bits per heavy atom. The topological polar surface area (TPSA) is 73.1 Å².